The van der Waals surface area contributed by atoms with Crippen LogP contribution in [0, 0.1) is 20.8 Å². The fourth-order valence-corrected chi connectivity index (χ4v) is 2.20. The summed E-state index contributed by atoms with van der Waals surface area (Å²) in [6, 6.07) is 11.1. The molecule has 0 bridgehead atoms. The zero-order valence-corrected chi connectivity index (χ0v) is 13.1. The number of carbonyl (C=O) groups is 1. The van der Waals surface area contributed by atoms with Gasteiger partial charge in [0, 0.05) is 10.7 Å². The molecular formula is C17H18ClNO2. The minimum absolute atomic E-state index is 0.0215. The molecule has 0 aliphatic carbocycles. The number of ether oxygens (including phenoxy) is 1. The molecule has 0 aromatic heterocycles. The van der Waals surface area contributed by atoms with E-state index in [4.69, 9.17) is 16.3 Å². The van der Waals surface area contributed by atoms with Gasteiger partial charge in [-0.25, -0.2) is 0 Å². The van der Waals surface area contributed by atoms with Crippen molar-refractivity contribution in [1.29, 1.82) is 0 Å². The van der Waals surface area contributed by atoms with Crippen molar-refractivity contribution in [2.75, 3.05) is 11.9 Å². The van der Waals surface area contributed by atoms with Crippen molar-refractivity contribution in [3.63, 3.8) is 0 Å². The monoisotopic (exact) mass is 303 g/mol. The van der Waals surface area contributed by atoms with Crippen LogP contribution in [0.15, 0.2) is 36.4 Å². The van der Waals surface area contributed by atoms with Crippen LogP contribution in [0.3, 0.4) is 0 Å². The number of hydrogen-bond donors (Lipinski definition) is 1. The second kappa shape index (κ2) is 6.64. The Labute approximate surface area is 129 Å². The van der Waals surface area contributed by atoms with Gasteiger partial charge in [0.2, 0.25) is 0 Å². The van der Waals surface area contributed by atoms with Crippen LogP contribution in [0.4, 0.5) is 5.69 Å². The van der Waals surface area contributed by atoms with Gasteiger partial charge in [-0.15, -0.1) is 0 Å². The SMILES string of the molecule is Cc1cc(Cl)ccc1NC(=O)COc1cccc(C)c1C. The summed E-state index contributed by atoms with van der Waals surface area (Å²) >= 11 is 5.89. The highest BCUT2D eigenvalue weighted by Gasteiger charge is 2.08. The van der Waals surface area contributed by atoms with E-state index in [1.165, 1.54) is 0 Å². The Morgan fingerprint density at radius 3 is 2.62 bits per heavy atom. The number of amides is 1. The number of nitrogens with one attached hydrogen (secondary N) is 1. The molecule has 2 rings (SSSR count). The van der Waals surface area contributed by atoms with Gasteiger partial charge in [-0.05, 0) is 61.7 Å². The van der Waals surface area contributed by atoms with E-state index in [1.807, 2.05) is 45.0 Å². The molecule has 0 heterocycles. The third-order valence-corrected chi connectivity index (χ3v) is 3.61. The van der Waals surface area contributed by atoms with Gasteiger partial charge in [-0.2, -0.15) is 0 Å². The molecule has 0 unspecified atom stereocenters. The summed E-state index contributed by atoms with van der Waals surface area (Å²) in [5, 5.41) is 3.47. The first-order chi connectivity index (χ1) is 9.97. The molecule has 0 fully saturated rings. The summed E-state index contributed by atoms with van der Waals surface area (Å²) in [7, 11) is 0. The molecule has 110 valence electrons. The van der Waals surface area contributed by atoms with Gasteiger partial charge < -0.3 is 10.1 Å². The number of benzene rings is 2. The van der Waals surface area contributed by atoms with E-state index in [1.54, 1.807) is 12.1 Å². The standard InChI is InChI=1S/C17H18ClNO2/c1-11-5-4-6-16(13(11)3)21-10-17(20)19-15-8-7-14(18)9-12(15)2/h4-9H,10H2,1-3H3,(H,19,20). The number of hydrogen-bond acceptors (Lipinski definition) is 2. The largest absolute Gasteiger partial charge is 0.483 e. The first-order valence-electron chi connectivity index (χ1n) is 6.72. The molecule has 0 saturated heterocycles. The molecular weight excluding hydrogens is 286 g/mol. The van der Waals surface area contributed by atoms with E-state index < -0.39 is 0 Å². The Morgan fingerprint density at radius 1 is 1.14 bits per heavy atom. The Morgan fingerprint density at radius 2 is 1.90 bits per heavy atom. The second-order valence-electron chi connectivity index (χ2n) is 4.99. The summed E-state index contributed by atoms with van der Waals surface area (Å²) < 4.78 is 5.58. The van der Waals surface area contributed by atoms with Gasteiger partial charge in [-0.1, -0.05) is 23.7 Å². The summed E-state index contributed by atoms with van der Waals surface area (Å²) in [5.74, 6) is 0.541. The van der Waals surface area contributed by atoms with E-state index in [9.17, 15) is 4.79 Å². The molecule has 1 amide bonds. The van der Waals surface area contributed by atoms with Crippen LogP contribution in [0.1, 0.15) is 16.7 Å². The van der Waals surface area contributed by atoms with Gasteiger partial charge in [0.25, 0.3) is 5.91 Å². The highest BCUT2D eigenvalue weighted by molar-refractivity contribution is 6.30. The second-order valence-corrected chi connectivity index (χ2v) is 5.43. The quantitative estimate of drug-likeness (QED) is 0.915. The van der Waals surface area contributed by atoms with E-state index in [0.29, 0.717) is 5.02 Å². The minimum atomic E-state index is -0.193. The normalized spacial score (nSPS) is 10.3. The average Bonchev–Trinajstić information content (AvgIpc) is 2.43. The summed E-state index contributed by atoms with van der Waals surface area (Å²) in [5.41, 5.74) is 3.85. The zero-order valence-electron chi connectivity index (χ0n) is 12.4. The lowest BCUT2D eigenvalue weighted by molar-refractivity contribution is -0.118. The maximum absolute atomic E-state index is 12.0. The summed E-state index contributed by atoms with van der Waals surface area (Å²) in [6.07, 6.45) is 0. The first-order valence-corrected chi connectivity index (χ1v) is 7.10. The van der Waals surface area contributed by atoms with Crippen molar-refractivity contribution in [1.82, 2.24) is 0 Å². The van der Waals surface area contributed by atoms with Crippen LogP contribution in [0.2, 0.25) is 5.02 Å². The number of aryl methyl sites for hydroxylation is 2. The zero-order chi connectivity index (χ0) is 15.4. The van der Waals surface area contributed by atoms with Crippen LogP contribution in [-0.4, -0.2) is 12.5 Å². The van der Waals surface area contributed by atoms with E-state index in [-0.39, 0.29) is 12.5 Å². The minimum Gasteiger partial charge on any atom is -0.483 e. The van der Waals surface area contributed by atoms with Crippen LogP contribution >= 0.6 is 11.6 Å². The van der Waals surface area contributed by atoms with Crippen molar-refractivity contribution in [3.05, 3.63) is 58.1 Å². The average molecular weight is 304 g/mol. The molecule has 0 saturated carbocycles. The smallest absolute Gasteiger partial charge is 0.262 e. The molecule has 0 spiro atoms. The van der Waals surface area contributed by atoms with Crippen molar-refractivity contribution in [2.24, 2.45) is 0 Å². The van der Waals surface area contributed by atoms with Crippen molar-refractivity contribution < 1.29 is 9.53 Å². The topological polar surface area (TPSA) is 38.3 Å². The van der Waals surface area contributed by atoms with Crippen LogP contribution in [0.25, 0.3) is 0 Å². The molecule has 0 aliphatic heterocycles. The molecule has 21 heavy (non-hydrogen) atoms. The Hall–Kier alpha value is -2.00. The van der Waals surface area contributed by atoms with Crippen molar-refractivity contribution in [3.8, 4) is 5.75 Å². The predicted molar refractivity (Wildman–Crippen MR) is 86.2 cm³/mol. The van der Waals surface area contributed by atoms with Crippen molar-refractivity contribution in [2.45, 2.75) is 20.8 Å². The van der Waals surface area contributed by atoms with Crippen LogP contribution < -0.4 is 10.1 Å². The van der Waals surface area contributed by atoms with Crippen molar-refractivity contribution >= 4 is 23.2 Å². The lowest BCUT2D eigenvalue weighted by atomic mass is 10.1. The van der Waals surface area contributed by atoms with Gasteiger partial charge in [0.1, 0.15) is 5.75 Å². The molecule has 3 nitrogen and oxygen atoms in total. The van der Waals surface area contributed by atoms with E-state index in [2.05, 4.69) is 5.32 Å². The molecule has 1 N–H and O–H groups in total. The van der Waals surface area contributed by atoms with Crippen LogP contribution in [-0.2, 0) is 4.79 Å². The molecule has 0 aliphatic rings. The van der Waals surface area contributed by atoms with Gasteiger partial charge in [-0.3, -0.25) is 4.79 Å². The van der Waals surface area contributed by atoms with E-state index in [0.717, 1.165) is 28.1 Å². The summed E-state index contributed by atoms with van der Waals surface area (Å²) in [4.78, 5) is 12.0. The molecule has 0 radical (unpaired) electrons. The Balaban J connectivity index is 1.97. The number of rotatable bonds is 4. The lowest BCUT2D eigenvalue weighted by Gasteiger charge is -2.12. The van der Waals surface area contributed by atoms with E-state index >= 15 is 0 Å². The molecule has 2 aromatic rings. The molecule has 2 aromatic carbocycles. The number of halogens is 1. The maximum atomic E-state index is 12.0. The Kier molecular flexibility index (Phi) is 4.86. The predicted octanol–water partition coefficient (Wildman–Crippen LogP) is 4.28. The van der Waals surface area contributed by atoms with Crippen LogP contribution in [0.5, 0.6) is 5.75 Å². The first kappa shape index (κ1) is 15.4. The summed E-state index contributed by atoms with van der Waals surface area (Å²) in [6.45, 7) is 5.87. The number of anilines is 1. The van der Waals surface area contributed by atoms with Gasteiger partial charge in [0.05, 0.1) is 0 Å². The third-order valence-electron chi connectivity index (χ3n) is 3.38. The maximum Gasteiger partial charge on any atom is 0.262 e. The molecule has 4 heteroatoms. The lowest BCUT2D eigenvalue weighted by Crippen LogP contribution is -2.21. The Bertz CT molecular complexity index is 668. The van der Waals surface area contributed by atoms with Gasteiger partial charge in [0.15, 0.2) is 6.61 Å². The fourth-order valence-electron chi connectivity index (χ4n) is 1.98. The molecule has 0 atom stereocenters. The fraction of sp³-hybridized carbons (Fsp3) is 0.235. The van der Waals surface area contributed by atoms with Gasteiger partial charge >= 0.3 is 0 Å². The number of carbonyl (C=O) groups excluding carboxylic acids is 1. The highest BCUT2D eigenvalue weighted by atomic mass is 35.5. The highest BCUT2D eigenvalue weighted by Crippen LogP contribution is 2.21. The third kappa shape index (κ3) is 3.99.